The van der Waals surface area contributed by atoms with E-state index in [0.717, 1.165) is 6.61 Å². The quantitative estimate of drug-likeness (QED) is 0.523. The number of hydrogen-bond acceptors (Lipinski definition) is 1. The van der Waals surface area contributed by atoms with E-state index in [-0.39, 0.29) is 0 Å². The fourth-order valence-electron chi connectivity index (χ4n) is 0.963. The van der Waals surface area contributed by atoms with E-state index in [2.05, 4.69) is 26.8 Å². The van der Waals surface area contributed by atoms with E-state index in [1.807, 2.05) is 0 Å². The van der Waals surface area contributed by atoms with Gasteiger partial charge >= 0.3 is 0 Å². The Morgan fingerprint density at radius 2 is 2.33 bits per heavy atom. The van der Waals surface area contributed by atoms with Crippen LogP contribution in [0.4, 0.5) is 0 Å². The molecule has 9 heavy (non-hydrogen) atoms. The third-order valence-electron chi connectivity index (χ3n) is 1.53. The highest BCUT2D eigenvalue weighted by Gasteiger charge is 2.14. The zero-order valence-corrected chi connectivity index (χ0v) is 6.35. The first-order valence-corrected chi connectivity index (χ1v) is 3.54. The molecule has 52 valence electrons. The van der Waals surface area contributed by atoms with Crippen LogP contribution in [0.3, 0.4) is 0 Å². The lowest BCUT2D eigenvalue weighted by atomic mass is 10.1. The van der Waals surface area contributed by atoms with E-state index >= 15 is 0 Å². The molecule has 0 aromatic rings. The van der Waals surface area contributed by atoms with Crippen molar-refractivity contribution >= 4 is 0 Å². The van der Waals surface area contributed by atoms with E-state index in [1.54, 1.807) is 0 Å². The lowest BCUT2D eigenvalue weighted by molar-refractivity contribution is 0.199. The van der Waals surface area contributed by atoms with Crippen LogP contribution in [0, 0.1) is 11.8 Å². The summed E-state index contributed by atoms with van der Waals surface area (Å²) in [5, 5.41) is 0. The Hall–Kier alpha value is -0.460. The minimum absolute atomic E-state index is 0.565. The molecule has 0 spiro atoms. The molecule has 1 rings (SSSR count). The maximum atomic E-state index is 5.39. The first-order valence-electron chi connectivity index (χ1n) is 3.54. The molecule has 0 N–H and O–H groups in total. The lowest BCUT2D eigenvalue weighted by Crippen LogP contribution is -1.94. The summed E-state index contributed by atoms with van der Waals surface area (Å²) in [6.07, 6.45) is 2.21. The average molecular weight is 126 g/mol. The van der Waals surface area contributed by atoms with Gasteiger partial charge < -0.3 is 4.74 Å². The molecule has 1 heterocycles. The zero-order chi connectivity index (χ0) is 6.85. The third-order valence-corrected chi connectivity index (χ3v) is 1.53. The Kier molecular flexibility index (Phi) is 1.79. The van der Waals surface area contributed by atoms with Crippen LogP contribution < -0.4 is 0 Å². The number of allylic oxidation sites excluding steroid dienone is 1. The molecule has 1 atom stereocenters. The van der Waals surface area contributed by atoms with Crippen molar-refractivity contribution in [3.05, 3.63) is 11.8 Å². The van der Waals surface area contributed by atoms with Crippen LogP contribution in [0.5, 0.6) is 0 Å². The number of hydrogen-bond donors (Lipinski definition) is 0. The van der Waals surface area contributed by atoms with Gasteiger partial charge in [0.25, 0.3) is 0 Å². The molecule has 0 fully saturated rings. The second-order valence-corrected chi connectivity index (χ2v) is 3.01. The second-order valence-electron chi connectivity index (χ2n) is 3.01. The van der Waals surface area contributed by atoms with Gasteiger partial charge in [-0.2, -0.15) is 0 Å². The normalized spacial score (nSPS) is 26.2. The fraction of sp³-hybridized carbons (Fsp3) is 0.750. The molecule has 0 aromatic heterocycles. The maximum Gasteiger partial charge on any atom is 0.0949 e. The molecule has 1 nitrogen and oxygen atoms in total. The predicted octanol–water partition coefficient (Wildman–Crippen LogP) is 2.19. The van der Waals surface area contributed by atoms with Gasteiger partial charge in [-0.25, -0.2) is 0 Å². The Balaban J connectivity index is 2.52. The topological polar surface area (TPSA) is 9.23 Å². The number of rotatable bonds is 1. The van der Waals surface area contributed by atoms with Gasteiger partial charge in [-0.05, 0) is 6.08 Å². The van der Waals surface area contributed by atoms with Crippen LogP contribution in [0.25, 0.3) is 0 Å². The molecule has 1 aliphatic rings. The summed E-state index contributed by atoms with van der Waals surface area (Å²) in [6, 6.07) is 0. The smallest absolute Gasteiger partial charge is 0.0949 e. The molecule has 0 saturated carbocycles. The first-order chi connectivity index (χ1) is 4.20. The predicted molar refractivity (Wildman–Crippen MR) is 38.0 cm³/mol. The average Bonchev–Trinajstić information content (AvgIpc) is 2.14. The van der Waals surface area contributed by atoms with Gasteiger partial charge in [-0.3, -0.25) is 0 Å². The molecule has 1 aliphatic heterocycles. The van der Waals surface area contributed by atoms with Crippen LogP contribution in [-0.2, 0) is 4.74 Å². The van der Waals surface area contributed by atoms with E-state index in [0.29, 0.717) is 11.8 Å². The van der Waals surface area contributed by atoms with Crippen LogP contribution in [-0.4, -0.2) is 6.61 Å². The van der Waals surface area contributed by atoms with E-state index in [4.69, 9.17) is 4.74 Å². The summed E-state index contributed by atoms with van der Waals surface area (Å²) in [5.41, 5.74) is 0. The molecule has 0 aliphatic carbocycles. The fourth-order valence-corrected chi connectivity index (χ4v) is 0.963. The van der Waals surface area contributed by atoms with Crippen molar-refractivity contribution in [2.24, 2.45) is 11.8 Å². The number of ether oxygens (including phenoxy) is 1. The highest BCUT2D eigenvalue weighted by Crippen LogP contribution is 2.21. The van der Waals surface area contributed by atoms with Gasteiger partial charge in [0.2, 0.25) is 0 Å². The molecule has 1 heteroatoms. The Morgan fingerprint density at radius 3 is 2.56 bits per heavy atom. The SMILES string of the molecule is CC(C)C1=C[C@@H](C)CO1. The lowest BCUT2D eigenvalue weighted by Gasteiger charge is -2.05. The Labute approximate surface area is 56.7 Å². The second kappa shape index (κ2) is 2.42. The zero-order valence-electron chi connectivity index (χ0n) is 6.35. The van der Waals surface area contributed by atoms with Gasteiger partial charge in [-0.1, -0.05) is 20.8 Å². The van der Waals surface area contributed by atoms with Gasteiger partial charge in [0.05, 0.1) is 12.4 Å². The van der Waals surface area contributed by atoms with Crippen LogP contribution in [0.15, 0.2) is 11.8 Å². The van der Waals surface area contributed by atoms with Crippen molar-refractivity contribution < 1.29 is 4.74 Å². The van der Waals surface area contributed by atoms with Gasteiger partial charge in [0, 0.05) is 11.8 Å². The highest BCUT2D eigenvalue weighted by molar-refractivity contribution is 5.03. The minimum atomic E-state index is 0.565. The summed E-state index contributed by atoms with van der Waals surface area (Å²) >= 11 is 0. The summed E-state index contributed by atoms with van der Waals surface area (Å²) in [4.78, 5) is 0. The van der Waals surface area contributed by atoms with Crippen molar-refractivity contribution in [1.82, 2.24) is 0 Å². The third kappa shape index (κ3) is 1.47. The van der Waals surface area contributed by atoms with Gasteiger partial charge in [-0.15, -0.1) is 0 Å². The van der Waals surface area contributed by atoms with Crippen LogP contribution >= 0.6 is 0 Å². The van der Waals surface area contributed by atoms with Crippen LogP contribution in [0.1, 0.15) is 20.8 Å². The highest BCUT2D eigenvalue weighted by atomic mass is 16.5. The summed E-state index contributed by atoms with van der Waals surface area (Å²) in [7, 11) is 0. The molecule has 0 radical (unpaired) electrons. The monoisotopic (exact) mass is 126 g/mol. The molecule has 0 saturated heterocycles. The maximum absolute atomic E-state index is 5.39. The van der Waals surface area contributed by atoms with E-state index < -0.39 is 0 Å². The largest absolute Gasteiger partial charge is 0.497 e. The molecular formula is C8H14O. The first kappa shape index (κ1) is 6.66. The Bertz CT molecular complexity index is 125. The van der Waals surface area contributed by atoms with Crippen molar-refractivity contribution in [3.8, 4) is 0 Å². The van der Waals surface area contributed by atoms with Gasteiger partial charge in [0.1, 0.15) is 0 Å². The van der Waals surface area contributed by atoms with E-state index in [9.17, 15) is 0 Å². The summed E-state index contributed by atoms with van der Waals surface area (Å²) in [6.45, 7) is 7.37. The van der Waals surface area contributed by atoms with Crippen molar-refractivity contribution in [3.63, 3.8) is 0 Å². The minimum Gasteiger partial charge on any atom is -0.497 e. The van der Waals surface area contributed by atoms with Crippen molar-refractivity contribution in [2.45, 2.75) is 20.8 Å². The van der Waals surface area contributed by atoms with Crippen molar-refractivity contribution in [2.75, 3.05) is 6.61 Å². The van der Waals surface area contributed by atoms with Crippen LogP contribution in [0.2, 0.25) is 0 Å². The standard InChI is InChI=1S/C8H14O/c1-6(2)8-4-7(3)5-9-8/h4,6-7H,5H2,1-3H3/t7-/m1/s1. The Morgan fingerprint density at radius 1 is 1.67 bits per heavy atom. The summed E-state index contributed by atoms with van der Waals surface area (Å²) in [5.74, 6) is 2.36. The van der Waals surface area contributed by atoms with E-state index in [1.165, 1.54) is 5.76 Å². The molecule has 0 amide bonds. The van der Waals surface area contributed by atoms with Crippen molar-refractivity contribution in [1.29, 1.82) is 0 Å². The summed E-state index contributed by atoms with van der Waals surface area (Å²) < 4.78 is 5.39. The van der Waals surface area contributed by atoms with Gasteiger partial charge in [0.15, 0.2) is 0 Å². The molecule has 0 bridgehead atoms. The molecule has 0 aromatic carbocycles. The molecule has 0 unspecified atom stereocenters. The molecular weight excluding hydrogens is 112 g/mol.